The van der Waals surface area contributed by atoms with Gasteiger partial charge in [-0.05, 0) is 30.7 Å². The molecular weight excluding hydrogens is 248 g/mol. The number of carbonyl (C=O) groups excluding carboxylic acids is 1. The van der Waals surface area contributed by atoms with Gasteiger partial charge in [0.15, 0.2) is 0 Å². The lowest BCUT2D eigenvalue weighted by Crippen LogP contribution is -1.93. The number of hydrogen-bond acceptors (Lipinski definition) is 3. The lowest BCUT2D eigenvalue weighted by Gasteiger charge is -1.91. The minimum Gasteiger partial charge on any atom is -0.287 e. The summed E-state index contributed by atoms with van der Waals surface area (Å²) in [7, 11) is 0. The average Bonchev–Trinajstić information content (AvgIpc) is 2.84. The summed E-state index contributed by atoms with van der Waals surface area (Å²) in [6, 6.07) is 7.43. The van der Waals surface area contributed by atoms with E-state index in [1.165, 1.54) is 16.2 Å². The Morgan fingerprint density at radius 1 is 1.20 bits per heavy atom. The molecule has 0 bridgehead atoms. The van der Waals surface area contributed by atoms with Gasteiger partial charge in [0.2, 0.25) is 5.78 Å². The van der Waals surface area contributed by atoms with E-state index >= 15 is 0 Å². The van der Waals surface area contributed by atoms with Crippen LogP contribution in [0.15, 0.2) is 24.3 Å². The van der Waals surface area contributed by atoms with Gasteiger partial charge >= 0.3 is 0 Å². The number of rotatable bonds is 3. The van der Waals surface area contributed by atoms with Crippen LogP contribution >= 0.6 is 34.3 Å². The van der Waals surface area contributed by atoms with E-state index in [4.69, 9.17) is 11.6 Å². The van der Waals surface area contributed by atoms with Crippen molar-refractivity contribution in [1.29, 1.82) is 0 Å². The van der Waals surface area contributed by atoms with Crippen LogP contribution in [-0.4, -0.2) is 5.78 Å². The van der Waals surface area contributed by atoms with Crippen LogP contribution in [-0.2, 0) is 6.42 Å². The Bertz CT molecular complexity index is 484. The summed E-state index contributed by atoms with van der Waals surface area (Å²) in [5.74, 6) is 0.0802. The van der Waals surface area contributed by atoms with Crippen molar-refractivity contribution in [2.75, 3.05) is 0 Å². The van der Waals surface area contributed by atoms with Crippen molar-refractivity contribution in [2.24, 2.45) is 0 Å². The molecule has 0 spiro atoms. The molecule has 2 aromatic heterocycles. The van der Waals surface area contributed by atoms with Crippen LogP contribution in [0.4, 0.5) is 0 Å². The molecular formula is C11H9ClOS2. The molecule has 1 nitrogen and oxygen atoms in total. The molecule has 0 N–H and O–H groups in total. The summed E-state index contributed by atoms with van der Waals surface area (Å²) in [5, 5.41) is 0. The summed E-state index contributed by atoms with van der Waals surface area (Å²) in [6.07, 6.45) is 0.975. The number of carbonyl (C=O) groups is 1. The fraction of sp³-hybridized carbons (Fsp3) is 0.182. The Balaban J connectivity index is 2.28. The van der Waals surface area contributed by atoms with Crippen LogP contribution in [0.1, 0.15) is 26.3 Å². The largest absolute Gasteiger partial charge is 0.287 e. The SMILES string of the molecule is CCc1ccc(C(=O)c2ccc(Cl)s2)s1. The second-order valence-corrected chi connectivity index (χ2v) is 5.94. The Hall–Kier alpha value is -0.640. The summed E-state index contributed by atoms with van der Waals surface area (Å²) in [4.78, 5) is 14.7. The van der Waals surface area contributed by atoms with Crippen molar-refractivity contribution in [2.45, 2.75) is 13.3 Å². The number of halogens is 1. The van der Waals surface area contributed by atoms with Gasteiger partial charge in [-0.1, -0.05) is 18.5 Å². The summed E-state index contributed by atoms with van der Waals surface area (Å²) >= 11 is 8.68. The highest BCUT2D eigenvalue weighted by atomic mass is 35.5. The summed E-state index contributed by atoms with van der Waals surface area (Å²) in [5.41, 5.74) is 0. The predicted octanol–water partition coefficient (Wildman–Crippen LogP) is 4.26. The maximum absolute atomic E-state index is 12.0. The molecule has 0 amide bonds. The third-order valence-corrected chi connectivity index (χ3v) is 4.49. The standard InChI is InChI=1S/C11H9ClOS2/c1-2-7-3-4-8(14-7)11(13)9-5-6-10(12)15-9/h3-6H,2H2,1H3. The molecule has 4 heteroatoms. The van der Waals surface area contributed by atoms with Gasteiger partial charge in [0.1, 0.15) is 0 Å². The molecule has 0 radical (unpaired) electrons. The minimum absolute atomic E-state index is 0.0802. The van der Waals surface area contributed by atoms with E-state index in [1.807, 2.05) is 12.1 Å². The van der Waals surface area contributed by atoms with E-state index in [-0.39, 0.29) is 5.78 Å². The first-order chi connectivity index (χ1) is 7.20. The van der Waals surface area contributed by atoms with Crippen LogP contribution in [0, 0.1) is 0 Å². The first-order valence-electron chi connectivity index (χ1n) is 4.59. The van der Waals surface area contributed by atoms with Crippen LogP contribution in [0.5, 0.6) is 0 Å². The lowest BCUT2D eigenvalue weighted by molar-refractivity contribution is 0.104. The van der Waals surface area contributed by atoms with E-state index < -0.39 is 0 Å². The quantitative estimate of drug-likeness (QED) is 0.750. The molecule has 0 aliphatic carbocycles. The van der Waals surface area contributed by atoms with Crippen LogP contribution in [0.3, 0.4) is 0 Å². The van der Waals surface area contributed by atoms with E-state index in [2.05, 4.69) is 6.92 Å². The van der Waals surface area contributed by atoms with Crippen LogP contribution < -0.4 is 0 Å². The van der Waals surface area contributed by atoms with Gasteiger partial charge in [0.05, 0.1) is 14.1 Å². The number of ketones is 1. The van der Waals surface area contributed by atoms with Gasteiger partial charge in [0.25, 0.3) is 0 Å². The number of thiophene rings is 2. The minimum atomic E-state index is 0.0802. The average molecular weight is 257 g/mol. The maximum Gasteiger partial charge on any atom is 0.212 e. The Morgan fingerprint density at radius 3 is 2.40 bits per heavy atom. The third-order valence-electron chi connectivity index (χ3n) is 2.03. The van der Waals surface area contributed by atoms with E-state index in [1.54, 1.807) is 23.5 Å². The van der Waals surface area contributed by atoms with Crippen LogP contribution in [0.25, 0.3) is 0 Å². The van der Waals surface area contributed by atoms with Crippen molar-refractivity contribution < 1.29 is 4.79 Å². The highest BCUT2D eigenvalue weighted by Gasteiger charge is 2.13. The van der Waals surface area contributed by atoms with Gasteiger partial charge in [-0.2, -0.15) is 0 Å². The normalized spacial score (nSPS) is 10.5. The highest BCUT2D eigenvalue weighted by Crippen LogP contribution is 2.26. The molecule has 2 rings (SSSR count). The zero-order valence-corrected chi connectivity index (χ0v) is 10.5. The number of hydrogen-bond donors (Lipinski definition) is 0. The highest BCUT2D eigenvalue weighted by molar-refractivity contribution is 7.19. The molecule has 0 aliphatic rings. The van der Waals surface area contributed by atoms with Gasteiger partial charge in [-0.15, -0.1) is 22.7 Å². The molecule has 0 unspecified atom stereocenters. The van der Waals surface area contributed by atoms with E-state index in [0.29, 0.717) is 9.21 Å². The van der Waals surface area contributed by atoms with Crippen molar-refractivity contribution in [3.63, 3.8) is 0 Å². The zero-order chi connectivity index (χ0) is 10.8. The Morgan fingerprint density at radius 2 is 1.87 bits per heavy atom. The second-order valence-electron chi connectivity index (χ2n) is 3.05. The topological polar surface area (TPSA) is 17.1 Å². The monoisotopic (exact) mass is 256 g/mol. The van der Waals surface area contributed by atoms with Crippen molar-refractivity contribution in [1.82, 2.24) is 0 Å². The zero-order valence-electron chi connectivity index (χ0n) is 8.12. The van der Waals surface area contributed by atoms with E-state index in [0.717, 1.165) is 11.3 Å². The molecule has 2 heterocycles. The third kappa shape index (κ3) is 2.30. The molecule has 15 heavy (non-hydrogen) atoms. The Labute approximate surface area is 101 Å². The van der Waals surface area contributed by atoms with Gasteiger partial charge in [-0.3, -0.25) is 4.79 Å². The predicted molar refractivity (Wildman–Crippen MR) is 66.5 cm³/mol. The van der Waals surface area contributed by atoms with Crippen molar-refractivity contribution >= 4 is 40.1 Å². The van der Waals surface area contributed by atoms with Crippen molar-refractivity contribution in [3.8, 4) is 0 Å². The first-order valence-corrected chi connectivity index (χ1v) is 6.60. The van der Waals surface area contributed by atoms with Gasteiger partial charge in [0, 0.05) is 4.88 Å². The van der Waals surface area contributed by atoms with Gasteiger partial charge < -0.3 is 0 Å². The molecule has 0 aliphatic heterocycles. The smallest absolute Gasteiger partial charge is 0.212 e. The molecule has 0 fully saturated rings. The maximum atomic E-state index is 12.0. The molecule has 0 saturated carbocycles. The molecule has 0 atom stereocenters. The van der Waals surface area contributed by atoms with E-state index in [9.17, 15) is 4.79 Å². The summed E-state index contributed by atoms with van der Waals surface area (Å²) in [6.45, 7) is 2.09. The first kappa shape index (κ1) is 10.9. The number of aryl methyl sites for hydroxylation is 1. The summed E-state index contributed by atoms with van der Waals surface area (Å²) < 4.78 is 0.658. The van der Waals surface area contributed by atoms with Gasteiger partial charge in [-0.25, -0.2) is 0 Å². The Kier molecular flexibility index (Phi) is 3.24. The van der Waals surface area contributed by atoms with Crippen molar-refractivity contribution in [3.05, 3.63) is 43.2 Å². The molecule has 0 aromatic carbocycles. The molecule has 0 saturated heterocycles. The second kappa shape index (κ2) is 4.47. The lowest BCUT2D eigenvalue weighted by atomic mass is 10.2. The fourth-order valence-corrected chi connectivity index (χ4v) is 3.21. The molecule has 2 aromatic rings. The molecule has 78 valence electrons. The van der Waals surface area contributed by atoms with Crippen LogP contribution in [0.2, 0.25) is 4.34 Å². The fourth-order valence-electron chi connectivity index (χ4n) is 1.25.